The molecule has 6 nitrogen and oxygen atoms in total. The molecular weight excluding hydrogens is 378 g/mol. The Labute approximate surface area is 175 Å². The molecule has 0 bridgehead atoms. The molecular formula is C24H25N3O3. The standard InChI is InChI=1S/C24H25N3O3/c28-22-13-19(23(29)25-14-16-4-2-1-3-5-16)15-27(22)20-8-9-21-18(12-20)10-11-26(21)24(30)17-6-7-17/h1-5,8-9,12,17,19H,6-7,10-11,13-15H2,(H,25,29). The smallest absolute Gasteiger partial charge is 0.230 e. The van der Waals surface area contributed by atoms with E-state index in [4.69, 9.17) is 0 Å². The quantitative estimate of drug-likeness (QED) is 0.835. The fourth-order valence-electron chi connectivity index (χ4n) is 4.40. The molecule has 1 aliphatic carbocycles. The van der Waals surface area contributed by atoms with E-state index in [0.29, 0.717) is 19.6 Å². The van der Waals surface area contributed by atoms with Crippen molar-refractivity contribution >= 4 is 29.1 Å². The third kappa shape index (κ3) is 3.58. The summed E-state index contributed by atoms with van der Waals surface area (Å²) >= 11 is 0. The highest BCUT2D eigenvalue weighted by Gasteiger charge is 2.38. The lowest BCUT2D eigenvalue weighted by Crippen LogP contribution is -2.32. The fraction of sp³-hybridized carbons (Fsp3) is 0.375. The lowest BCUT2D eigenvalue weighted by atomic mass is 10.1. The van der Waals surface area contributed by atoms with Gasteiger partial charge in [0.05, 0.1) is 5.92 Å². The molecule has 5 rings (SSSR count). The second-order valence-corrected chi connectivity index (χ2v) is 8.44. The number of hydrogen-bond donors (Lipinski definition) is 1. The summed E-state index contributed by atoms with van der Waals surface area (Å²) in [5, 5.41) is 2.95. The van der Waals surface area contributed by atoms with Crippen molar-refractivity contribution in [2.24, 2.45) is 11.8 Å². The van der Waals surface area contributed by atoms with E-state index in [1.807, 2.05) is 53.4 Å². The Balaban J connectivity index is 1.25. The van der Waals surface area contributed by atoms with Gasteiger partial charge in [-0.1, -0.05) is 30.3 Å². The average molecular weight is 403 g/mol. The van der Waals surface area contributed by atoms with Crippen molar-refractivity contribution < 1.29 is 14.4 Å². The lowest BCUT2D eigenvalue weighted by Gasteiger charge is -2.20. The number of benzene rings is 2. The summed E-state index contributed by atoms with van der Waals surface area (Å²) in [5.41, 5.74) is 3.93. The van der Waals surface area contributed by atoms with Crippen LogP contribution in [0.25, 0.3) is 0 Å². The lowest BCUT2D eigenvalue weighted by molar-refractivity contribution is -0.126. The molecule has 2 aromatic rings. The molecule has 1 saturated heterocycles. The number of fused-ring (bicyclic) bond motifs is 1. The Hall–Kier alpha value is -3.15. The van der Waals surface area contributed by atoms with Gasteiger partial charge in [-0.05, 0) is 48.6 Å². The molecule has 0 aromatic heterocycles. The van der Waals surface area contributed by atoms with Crippen molar-refractivity contribution in [2.75, 3.05) is 22.9 Å². The molecule has 2 heterocycles. The number of rotatable bonds is 5. The Bertz CT molecular complexity index is 1000. The molecule has 30 heavy (non-hydrogen) atoms. The second kappa shape index (κ2) is 7.59. The van der Waals surface area contributed by atoms with Crippen LogP contribution in [0.2, 0.25) is 0 Å². The van der Waals surface area contributed by atoms with Crippen LogP contribution in [-0.2, 0) is 27.3 Å². The van der Waals surface area contributed by atoms with E-state index < -0.39 is 0 Å². The molecule has 3 amide bonds. The Kier molecular flexibility index (Phi) is 4.77. The molecule has 2 fully saturated rings. The van der Waals surface area contributed by atoms with Crippen LogP contribution in [0.1, 0.15) is 30.4 Å². The summed E-state index contributed by atoms with van der Waals surface area (Å²) in [6.07, 6.45) is 3.03. The summed E-state index contributed by atoms with van der Waals surface area (Å²) in [6, 6.07) is 15.6. The first-order valence-corrected chi connectivity index (χ1v) is 10.7. The summed E-state index contributed by atoms with van der Waals surface area (Å²) < 4.78 is 0. The molecule has 1 N–H and O–H groups in total. The van der Waals surface area contributed by atoms with E-state index in [1.165, 1.54) is 0 Å². The Morgan fingerprint density at radius 3 is 2.60 bits per heavy atom. The maximum atomic E-state index is 12.6. The molecule has 3 aliphatic rings. The van der Waals surface area contributed by atoms with Gasteiger partial charge in [0.25, 0.3) is 0 Å². The van der Waals surface area contributed by atoms with Gasteiger partial charge < -0.3 is 15.1 Å². The zero-order chi connectivity index (χ0) is 20.7. The highest BCUT2D eigenvalue weighted by atomic mass is 16.2. The summed E-state index contributed by atoms with van der Waals surface area (Å²) in [7, 11) is 0. The number of anilines is 2. The van der Waals surface area contributed by atoms with Crippen LogP contribution < -0.4 is 15.1 Å². The first-order chi connectivity index (χ1) is 14.6. The van der Waals surface area contributed by atoms with Crippen LogP contribution in [0.4, 0.5) is 11.4 Å². The molecule has 6 heteroatoms. The zero-order valence-corrected chi connectivity index (χ0v) is 16.8. The van der Waals surface area contributed by atoms with E-state index in [9.17, 15) is 14.4 Å². The monoisotopic (exact) mass is 403 g/mol. The first-order valence-electron chi connectivity index (χ1n) is 10.7. The van der Waals surface area contributed by atoms with E-state index in [0.717, 1.165) is 41.8 Å². The maximum Gasteiger partial charge on any atom is 0.230 e. The van der Waals surface area contributed by atoms with Crippen molar-refractivity contribution in [3.8, 4) is 0 Å². The second-order valence-electron chi connectivity index (χ2n) is 8.44. The van der Waals surface area contributed by atoms with Gasteiger partial charge >= 0.3 is 0 Å². The van der Waals surface area contributed by atoms with Crippen molar-refractivity contribution in [3.05, 3.63) is 59.7 Å². The summed E-state index contributed by atoms with van der Waals surface area (Å²) in [5.74, 6) is -0.0296. The number of hydrogen-bond acceptors (Lipinski definition) is 3. The van der Waals surface area contributed by atoms with Crippen LogP contribution >= 0.6 is 0 Å². The molecule has 154 valence electrons. The van der Waals surface area contributed by atoms with Crippen LogP contribution in [0.3, 0.4) is 0 Å². The average Bonchev–Trinajstić information content (AvgIpc) is 3.42. The maximum absolute atomic E-state index is 12.6. The number of nitrogens with zero attached hydrogens (tertiary/aromatic N) is 2. The minimum absolute atomic E-state index is 0.0290. The van der Waals surface area contributed by atoms with Crippen molar-refractivity contribution in [1.82, 2.24) is 5.32 Å². The minimum Gasteiger partial charge on any atom is -0.352 e. The summed E-state index contributed by atoms with van der Waals surface area (Å²) in [4.78, 5) is 41.3. The van der Waals surface area contributed by atoms with E-state index in [-0.39, 0.29) is 36.0 Å². The highest BCUT2D eigenvalue weighted by Crippen LogP contribution is 2.38. The predicted octanol–water partition coefficient (Wildman–Crippen LogP) is 2.66. The van der Waals surface area contributed by atoms with Gasteiger partial charge in [-0.15, -0.1) is 0 Å². The zero-order valence-electron chi connectivity index (χ0n) is 16.8. The van der Waals surface area contributed by atoms with Gasteiger partial charge in [0, 0.05) is 43.3 Å². The van der Waals surface area contributed by atoms with Crippen LogP contribution in [0.15, 0.2) is 48.5 Å². The number of carbonyl (C=O) groups excluding carboxylic acids is 3. The normalized spacial score (nSPS) is 20.4. The minimum atomic E-state index is -0.345. The van der Waals surface area contributed by atoms with Crippen molar-refractivity contribution in [1.29, 1.82) is 0 Å². The predicted molar refractivity (Wildman–Crippen MR) is 114 cm³/mol. The fourth-order valence-corrected chi connectivity index (χ4v) is 4.40. The van der Waals surface area contributed by atoms with E-state index >= 15 is 0 Å². The van der Waals surface area contributed by atoms with Gasteiger partial charge in [-0.25, -0.2) is 0 Å². The molecule has 1 saturated carbocycles. The largest absolute Gasteiger partial charge is 0.352 e. The van der Waals surface area contributed by atoms with Crippen LogP contribution in [0, 0.1) is 11.8 Å². The molecule has 2 aromatic carbocycles. The Morgan fingerprint density at radius 1 is 1.03 bits per heavy atom. The molecule has 0 spiro atoms. The molecule has 1 unspecified atom stereocenters. The van der Waals surface area contributed by atoms with Gasteiger partial charge in [0.1, 0.15) is 0 Å². The molecule has 1 atom stereocenters. The molecule has 0 radical (unpaired) electrons. The number of carbonyl (C=O) groups is 3. The number of nitrogens with one attached hydrogen (secondary N) is 1. The van der Waals surface area contributed by atoms with Crippen molar-refractivity contribution in [3.63, 3.8) is 0 Å². The Morgan fingerprint density at radius 2 is 1.83 bits per heavy atom. The van der Waals surface area contributed by atoms with Gasteiger partial charge in [0.2, 0.25) is 17.7 Å². The third-order valence-corrected chi connectivity index (χ3v) is 6.27. The van der Waals surface area contributed by atoms with Crippen LogP contribution in [0.5, 0.6) is 0 Å². The van der Waals surface area contributed by atoms with Gasteiger partial charge in [0.15, 0.2) is 0 Å². The third-order valence-electron chi connectivity index (χ3n) is 6.27. The number of amides is 3. The van der Waals surface area contributed by atoms with E-state index in [2.05, 4.69) is 5.32 Å². The van der Waals surface area contributed by atoms with E-state index in [1.54, 1.807) is 4.90 Å². The van der Waals surface area contributed by atoms with Gasteiger partial charge in [-0.3, -0.25) is 14.4 Å². The van der Waals surface area contributed by atoms with Gasteiger partial charge in [-0.2, -0.15) is 0 Å². The van der Waals surface area contributed by atoms with Crippen LogP contribution in [-0.4, -0.2) is 30.8 Å². The summed E-state index contributed by atoms with van der Waals surface area (Å²) in [6.45, 7) is 1.57. The molecule has 2 aliphatic heterocycles. The highest BCUT2D eigenvalue weighted by molar-refractivity contribution is 6.02. The SMILES string of the molecule is O=C(NCc1ccccc1)C1CC(=O)N(c2ccc3c(c2)CCN3C(=O)C2CC2)C1. The first kappa shape index (κ1) is 18.9. The van der Waals surface area contributed by atoms with Crippen molar-refractivity contribution in [2.45, 2.75) is 32.2 Å². The topological polar surface area (TPSA) is 69.7 Å².